The largest absolute Gasteiger partial charge is 0.285 e. The third-order valence-corrected chi connectivity index (χ3v) is 1.66. The number of rotatable bonds is 3. The van der Waals surface area contributed by atoms with E-state index in [9.17, 15) is 0 Å². The normalized spacial score (nSPS) is 14.1. The highest BCUT2D eigenvalue weighted by Gasteiger charge is 2.22. The molecule has 0 rings (SSSR count). The van der Waals surface area contributed by atoms with E-state index in [1.807, 2.05) is 0 Å². The lowest BCUT2D eigenvalue weighted by Gasteiger charge is -2.37. The number of nitrogens with zero attached hydrogens (tertiary/aromatic N) is 1. The second kappa shape index (κ2) is 4.60. The molecule has 0 unspecified atom stereocenters. The molecule has 0 aromatic heterocycles. The maximum Gasteiger partial charge on any atom is 0.114 e. The lowest BCUT2D eigenvalue weighted by atomic mass is 10.1. The fraction of sp³-hybridized carbons (Fsp3) is 1.00. The Kier molecular flexibility index (Phi) is 4.56. The van der Waals surface area contributed by atoms with Crippen LogP contribution in [0.25, 0.3) is 0 Å². The van der Waals surface area contributed by atoms with Gasteiger partial charge in [-0.1, -0.05) is 0 Å². The second-order valence-corrected chi connectivity index (χ2v) is 6.15. The summed E-state index contributed by atoms with van der Waals surface area (Å²) in [7, 11) is 4.14. The molecule has 0 spiro atoms. The van der Waals surface area contributed by atoms with E-state index in [2.05, 4.69) is 71.2 Å². The second-order valence-electron chi connectivity index (χ2n) is 6.15. The Labute approximate surface area is 89.2 Å². The number of nitrogens with one attached hydrogen (secondary N) is 2. The lowest BCUT2D eigenvalue weighted by Crippen LogP contribution is -2.62. The van der Waals surface area contributed by atoms with Gasteiger partial charge in [0.2, 0.25) is 0 Å². The number of hydrogen-bond acceptors (Lipinski definition) is 3. The van der Waals surface area contributed by atoms with E-state index >= 15 is 0 Å². The molecule has 0 aliphatic carbocycles. The molecule has 0 aliphatic rings. The number of hydrogen-bond donors (Lipinski definition) is 2. The molecule has 0 aromatic carbocycles. The molecule has 86 valence electrons. The molecule has 0 aromatic rings. The Balaban J connectivity index is 4.32. The summed E-state index contributed by atoms with van der Waals surface area (Å²) in [6.45, 7) is 13.0. The third-order valence-electron chi connectivity index (χ3n) is 1.66. The first-order valence-electron chi connectivity index (χ1n) is 5.23. The first-order valence-corrected chi connectivity index (χ1v) is 5.23. The zero-order chi connectivity index (χ0) is 11.6. The fourth-order valence-corrected chi connectivity index (χ4v) is 1.11. The third kappa shape index (κ3) is 7.30. The van der Waals surface area contributed by atoms with Gasteiger partial charge in [0.05, 0.1) is 0 Å². The maximum atomic E-state index is 3.53. The summed E-state index contributed by atoms with van der Waals surface area (Å²) in [6, 6.07) is 0. The van der Waals surface area contributed by atoms with Gasteiger partial charge in [0, 0.05) is 11.1 Å². The fourth-order valence-electron chi connectivity index (χ4n) is 1.11. The van der Waals surface area contributed by atoms with E-state index in [0.29, 0.717) is 0 Å². The van der Waals surface area contributed by atoms with Crippen LogP contribution in [0.2, 0.25) is 0 Å². The van der Waals surface area contributed by atoms with Crippen LogP contribution in [-0.2, 0) is 0 Å². The van der Waals surface area contributed by atoms with Crippen LogP contribution in [0.15, 0.2) is 0 Å². The molecule has 3 nitrogen and oxygen atoms in total. The Bertz CT molecular complexity index is 146. The predicted octanol–water partition coefficient (Wildman–Crippen LogP) is 1.61. The zero-order valence-corrected chi connectivity index (χ0v) is 11.0. The van der Waals surface area contributed by atoms with Crippen molar-refractivity contribution < 1.29 is 0 Å². The molecule has 0 heterocycles. The molecule has 0 atom stereocenters. The molecule has 0 aliphatic heterocycles. The monoisotopic (exact) mass is 201 g/mol. The minimum atomic E-state index is 0.118. The predicted molar refractivity (Wildman–Crippen MR) is 63.3 cm³/mol. The van der Waals surface area contributed by atoms with E-state index in [4.69, 9.17) is 0 Å². The molecule has 14 heavy (non-hydrogen) atoms. The maximum absolute atomic E-state index is 3.53. The quantitative estimate of drug-likeness (QED) is 0.679. The lowest BCUT2D eigenvalue weighted by molar-refractivity contribution is 0.131. The van der Waals surface area contributed by atoms with Crippen molar-refractivity contribution >= 4 is 0 Å². The highest BCUT2D eigenvalue weighted by atomic mass is 15.4. The van der Waals surface area contributed by atoms with Gasteiger partial charge in [-0.3, -0.25) is 15.5 Å². The summed E-state index contributed by atoms with van der Waals surface area (Å²) < 4.78 is 0. The molecule has 0 saturated carbocycles. The van der Waals surface area contributed by atoms with Crippen molar-refractivity contribution in [2.45, 2.75) is 58.9 Å². The Morgan fingerprint density at radius 2 is 1.07 bits per heavy atom. The van der Waals surface area contributed by atoms with Gasteiger partial charge in [-0.05, 0) is 55.6 Å². The molecule has 2 N–H and O–H groups in total. The Hall–Kier alpha value is -0.120. The van der Waals surface area contributed by atoms with E-state index in [-0.39, 0.29) is 17.4 Å². The van der Waals surface area contributed by atoms with Gasteiger partial charge >= 0.3 is 0 Å². The highest BCUT2D eigenvalue weighted by Crippen LogP contribution is 2.06. The van der Waals surface area contributed by atoms with E-state index in [1.54, 1.807) is 0 Å². The summed E-state index contributed by atoms with van der Waals surface area (Å²) in [5, 5.41) is 7.05. The van der Waals surface area contributed by atoms with Gasteiger partial charge in [0.1, 0.15) is 6.29 Å². The van der Waals surface area contributed by atoms with Gasteiger partial charge < -0.3 is 0 Å². The highest BCUT2D eigenvalue weighted by molar-refractivity contribution is 4.80. The molecule has 3 heteroatoms. The van der Waals surface area contributed by atoms with Crippen LogP contribution in [0.4, 0.5) is 0 Å². The van der Waals surface area contributed by atoms with Crippen LogP contribution in [0.3, 0.4) is 0 Å². The van der Waals surface area contributed by atoms with Crippen molar-refractivity contribution in [2.24, 2.45) is 0 Å². The van der Waals surface area contributed by atoms with Gasteiger partial charge in [-0.15, -0.1) is 0 Å². The zero-order valence-electron chi connectivity index (χ0n) is 11.0. The van der Waals surface area contributed by atoms with Crippen molar-refractivity contribution in [2.75, 3.05) is 14.1 Å². The van der Waals surface area contributed by atoms with Gasteiger partial charge in [0.25, 0.3) is 0 Å². The van der Waals surface area contributed by atoms with E-state index in [1.165, 1.54) is 0 Å². The van der Waals surface area contributed by atoms with Crippen molar-refractivity contribution in [1.82, 2.24) is 15.5 Å². The van der Waals surface area contributed by atoms with Gasteiger partial charge in [-0.2, -0.15) is 0 Å². The minimum Gasteiger partial charge on any atom is -0.285 e. The van der Waals surface area contributed by atoms with E-state index in [0.717, 1.165) is 0 Å². The van der Waals surface area contributed by atoms with Crippen molar-refractivity contribution in [3.05, 3.63) is 0 Å². The van der Waals surface area contributed by atoms with Crippen LogP contribution < -0.4 is 10.6 Å². The smallest absolute Gasteiger partial charge is 0.114 e. The molecule has 0 fully saturated rings. The van der Waals surface area contributed by atoms with Crippen LogP contribution in [0.5, 0.6) is 0 Å². The Morgan fingerprint density at radius 1 is 0.786 bits per heavy atom. The summed E-state index contributed by atoms with van der Waals surface area (Å²) in [4.78, 5) is 2.15. The van der Waals surface area contributed by atoms with Gasteiger partial charge in [-0.25, -0.2) is 0 Å². The van der Waals surface area contributed by atoms with Crippen LogP contribution in [0, 0.1) is 0 Å². The standard InChI is InChI=1S/C11H27N3/c1-10(2,3)12-9(14(7)8)13-11(4,5)6/h9,12-13H,1-8H3. The average Bonchev–Trinajstić information content (AvgIpc) is 1.78. The van der Waals surface area contributed by atoms with Crippen molar-refractivity contribution in [1.29, 1.82) is 0 Å². The minimum absolute atomic E-state index is 0.118. The summed E-state index contributed by atoms with van der Waals surface area (Å²) in [5.74, 6) is 0. The topological polar surface area (TPSA) is 27.3 Å². The van der Waals surface area contributed by atoms with Crippen molar-refractivity contribution in [3.8, 4) is 0 Å². The molecular formula is C11H27N3. The molecule has 0 saturated heterocycles. The van der Waals surface area contributed by atoms with Crippen molar-refractivity contribution in [3.63, 3.8) is 0 Å². The molecule has 0 radical (unpaired) electrons. The summed E-state index contributed by atoms with van der Waals surface area (Å²) in [5.41, 5.74) is 0.236. The molecular weight excluding hydrogens is 174 g/mol. The van der Waals surface area contributed by atoms with E-state index < -0.39 is 0 Å². The van der Waals surface area contributed by atoms with Crippen LogP contribution in [-0.4, -0.2) is 36.4 Å². The summed E-state index contributed by atoms with van der Waals surface area (Å²) in [6.07, 6.45) is 0.204. The Morgan fingerprint density at radius 3 is 1.21 bits per heavy atom. The van der Waals surface area contributed by atoms with Crippen LogP contribution in [0.1, 0.15) is 41.5 Å². The molecule has 0 bridgehead atoms. The van der Waals surface area contributed by atoms with Gasteiger partial charge in [0.15, 0.2) is 0 Å². The molecule has 0 amide bonds. The van der Waals surface area contributed by atoms with Crippen LogP contribution >= 0.6 is 0 Å². The average molecular weight is 201 g/mol. The SMILES string of the molecule is CN(C)C(NC(C)(C)C)NC(C)(C)C. The summed E-state index contributed by atoms with van der Waals surface area (Å²) >= 11 is 0. The first-order chi connectivity index (χ1) is 6.01. The first kappa shape index (κ1) is 13.9.